The van der Waals surface area contributed by atoms with E-state index in [0.29, 0.717) is 6.04 Å². The van der Waals surface area contributed by atoms with Crippen molar-refractivity contribution in [2.24, 2.45) is 5.73 Å². The van der Waals surface area contributed by atoms with Gasteiger partial charge in [0.1, 0.15) is 0 Å². The molecule has 1 heterocycles. The zero-order valence-electron chi connectivity index (χ0n) is 11.0. The summed E-state index contributed by atoms with van der Waals surface area (Å²) in [6.45, 7) is 2.92. The highest BCUT2D eigenvalue weighted by Crippen LogP contribution is 2.35. The molecular weight excluding hydrogens is 253 g/mol. The van der Waals surface area contributed by atoms with Gasteiger partial charge in [0, 0.05) is 24.8 Å². The molecule has 0 aliphatic carbocycles. The molecule has 1 atom stereocenters. The molecule has 19 heavy (non-hydrogen) atoms. The van der Waals surface area contributed by atoms with E-state index in [-0.39, 0.29) is 12.1 Å². The quantitative estimate of drug-likeness (QED) is 0.892. The summed E-state index contributed by atoms with van der Waals surface area (Å²) in [5.41, 5.74) is 5.86. The molecule has 2 rings (SSSR count). The Labute approximate surface area is 111 Å². The van der Waals surface area contributed by atoms with Crippen molar-refractivity contribution >= 4 is 5.69 Å². The minimum Gasteiger partial charge on any atom is -0.369 e. The molecule has 1 aliphatic rings. The minimum atomic E-state index is -4.33. The summed E-state index contributed by atoms with van der Waals surface area (Å²) in [4.78, 5) is 2.17. The second-order valence-corrected chi connectivity index (χ2v) is 5.08. The van der Waals surface area contributed by atoms with Gasteiger partial charge in [0.25, 0.3) is 0 Å². The van der Waals surface area contributed by atoms with Crippen LogP contribution in [0.1, 0.15) is 37.3 Å². The first-order chi connectivity index (χ1) is 8.93. The van der Waals surface area contributed by atoms with Crippen LogP contribution < -0.4 is 10.6 Å². The summed E-state index contributed by atoms with van der Waals surface area (Å²) >= 11 is 0. The summed E-state index contributed by atoms with van der Waals surface area (Å²) in [6, 6.07) is 4.67. The molecule has 1 aliphatic heterocycles. The summed E-state index contributed by atoms with van der Waals surface area (Å²) in [5.74, 6) is 0. The number of nitrogens with zero attached hydrogens (tertiary/aromatic N) is 1. The van der Waals surface area contributed by atoms with E-state index in [1.807, 2.05) is 0 Å². The van der Waals surface area contributed by atoms with Gasteiger partial charge in [0.15, 0.2) is 0 Å². The van der Waals surface area contributed by atoms with Crippen molar-refractivity contribution in [3.63, 3.8) is 0 Å². The normalized spacial score (nSPS) is 20.7. The summed E-state index contributed by atoms with van der Waals surface area (Å²) in [5, 5.41) is 0. The van der Waals surface area contributed by atoms with Crippen molar-refractivity contribution < 1.29 is 13.2 Å². The van der Waals surface area contributed by atoms with E-state index in [2.05, 4.69) is 11.8 Å². The van der Waals surface area contributed by atoms with Gasteiger partial charge >= 0.3 is 6.18 Å². The largest absolute Gasteiger partial charge is 0.416 e. The topological polar surface area (TPSA) is 29.3 Å². The average molecular weight is 272 g/mol. The van der Waals surface area contributed by atoms with Gasteiger partial charge in [-0.05, 0) is 49.9 Å². The number of piperidine rings is 1. The predicted molar refractivity (Wildman–Crippen MR) is 70.0 cm³/mol. The molecule has 1 saturated heterocycles. The number of alkyl halides is 3. The SMILES string of the molecule is CC1CCCCN1c1ccc(C(F)(F)F)c(CN)c1. The number of hydrogen-bond donors (Lipinski definition) is 1. The highest BCUT2D eigenvalue weighted by atomic mass is 19.4. The first kappa shape index (κ1) is 14.2. The third kappa shape index (κ3) is 3.03. The number of anilines is 1. The molecule has 1 unspecified atom stereocenters. The standard InChI is InChI=1S/C14H19F3N2/c1-10-4-2-3-7-19(10)12-5-6-13(14(15,16)17)11(8-12)9-18/h5-6,8,10H,2-4,7,9,18H2,1H3. The van der Waals surface area contributed by atoms with E-state index in [1.165, 1.54) is 6.42 Å². The number of halogens is 3. The van der Waals surface area contributed by atoms with Crippen LogP contribution in [0.2, 0.25) is 0 Å². The average Bonchev–Trinajstić information content (AvgIpc) is 2.37. The Balaban J connectivity index is 2.33. The van der Waals surface area contributed by atoms with Gasteiger partial charge in [-0.25, -0.2) is 0 Å². The lowest BCUT2D eigenvalue weighted by molar-refractivity contribution is -0.138. The van der Waals surface area contributed by atoms with Crippen LogP contribution >= 0.6 is 0 Å². The molecule has 0 radical (unpaired) electrons. The van der Waals surface area contributed by atoms with Crippen LogP contribution in [0.5, 0.6) is 0 Å². The molecule has 1 aromatic rings. The van der Waals surface area contributed by atoms with Gasteiger partial charge in [0.2, 0.25) is 0 Å². The maximum atomic E-state index is 12.8. The summed E-state index contributed by atoms with van der Waals surface area (Å²) in [7, 11) is 0. The minimum absolute atomic E-state index is 0.0924. The Bertz CT molecular complexity index is 443. The molecule has 0 bridgehead atoms. The number of hydrogen-bond acceptors (Lipinski definition) is 2. The molecule has 0 aromatic heterocycles. The van der Waals surface area contributed by atoms with Crippen LogP contribution in [0.4, 0.5) is 18.9 Å². The molecular formula is C14H19F3N2. The summed E-state index contributed by atoms with van der Waals surface area (Å²) < 4.78 is 38.5. The maximum Gasteiger partial charge on any atom is 0.416 e. The van der Waals surface area contributed by atoms with Gasteiger partial charge in [-0.1, -0.05) is 0 Å². The zero-order valence-corrected chi connectivity index (χ0v) is 11.0. The third-order valence-electron chi connectivity index (χ3n) is 3.75. The third-order valence-corrected chi connectivity index (χ3v) is 3.75. The monoisotopic (exact) mass is 272 g/mol. The Morgan fingerprint density at radius 2 is 2.05 bits per heavy atom. The molecule has 0 spiro atoms. The van der Waals surface area contributed by atoms with Crippen LogP contribution in [0, 0.1) is 0 Å². The molecule has 0 saturated carbocycles. The molecule has 5 heteroatoms. The lowest BCUT2D eigenvalue weighted by Gasteiger charge is -2.36. The van der Waals surface area contributed by atoms with Crippen molar-refractivity contribution in [2.45, 2.75) is 44.9 Å². The number of benzene rings is 1. The van der Waals surface area contributed by atoms with Crippen molar-refractivity contribution in [1.29, 1.82) is 0 Å². The highest BCUT2D eigenvalue weighted by Gasteiger charge is 2.33. The van der Waals surface area contributed by atoms with Crippen LogP contribution in [0.25, 0.3) is 0 Å². The second-order valence-electron chi connectivity index (χ2n) is 5.08. The summed E-state index contributed by atoms with van der Waals surface area (Å²) in [6.07, 6.45) is -0.981. The number of rotatable bonds is 2. The fourth-order valence-electron chi connectivity index (χ4n) is 2.69. The zero-order chi connectivity index (χ0) is 14.0. The predicted octanol–water partition coefficient (Wildman–Crippen LogP) is 3.54. The van der Waals surface area contributed by atoms with E-state index >= 15 is 0 Å². The molecule has 2 N–H and O–H groups in total. The van der Waals surface area contributed by atoms with E-state index in [0.717, 1.165) is 31.1 Å². The maximum absolute atomic E-state index is 12.8. The van der Waals surface area contributed by atoms with E-state index in [9.17, 15) is 13.2 Å². The van der Waals surface area contributed by atoms with Crippen LogP contribution in [0.3, 0.4) is 0 Å². The highest BCUT2D eigenvalue weighted by molar-refractivity contribution is 5.52. The Morgan fingerprint density at radius 1 is 1.32 bits per heavy atom. The molecule has 2 nitrogen and oxygen atoms in total. The van der Waals surface area contributed by atoms with Gasteiger partial charge in [-0.2, -0.15) is 13.2 Å². The molecule has 0 amide bonds. The second kappa shape index (κ2) is 5.41. The lowest BCUT2D eigenvalue weighted by atomic mass is 10.0. The van der Waals surface area contributed by atoms with Crippen molar-refractivity contribution in [1.82, 2.24) is 0 Å². The smallest absolute Gasteiger partial charge is 0.369 e. The van der Waals surface area contributed by atoms with Gasteiger partial charge in [0.05, 0.1) is 5.56 Å². The Morgan fingerprint density at radius 3 is 2.63 bits per heavy atom. The van der Waals surface area contributed by atoms with Crippen LogP contribution in [-0.2, 0) is 12.7 Å². The van der Waals surface area contributed by atoms with E-state index in [4.69, 9.17) is 5.73 Å². The fraction of sp³-hybridized carbons (Fsp3) is 0.571. The number of nitrogens with two attached hydrogens (primary N) is 1. The molecule has 1 fully saturated rings. The van der Waals surface area contributed by atoms with Crippen LogP contribution in [0.15, 0.2) is 18.2 Å². The van der Waals surface area contributed by atoms with Crippen molar-refractivity contribution in [3.05, 3.63) is 29.3 Å². The van der Waals surface area contributed by atoms with Gasteiger partial charge < -0.3 is 10.6 Å². The fourth-order valence-corrected chi connectivity index (χ4v) is 2.69. The van der Waals surface area contributed by atoms with Crippen molar-refractivity contribution in [3.8, 4) is 0 Å². The van der Waals surface area contributed by atoms with Gasteiger partial charge in [-0.3, -0.25) is 0 Å². The first-order valence-electron chi connectivity index (χ1n) is 6.60. The first-order valence-corrected chi connectivity index (χ1v) is 6.60. The van der Waals surface area contributed by atoms with E-state index in [1.54, 1.807) is 12.1 Å². The molecule has 1 aromatic carbocycles. The van der Waals surface area contributed by atoms with Gasteiger partial charge in [-0.15, -0.1) is 0 Å². The Kier molecular flexibility index (Phi) is 4.04. The van der Waals surface area contributed by atoms with E-state index < -0.39 is 11.7 Å². The molecule has 106 valence electrons. The van der Waals surface area contributed by atoms with Crippen molar-refractivity contribution in [2.75, 3.05) is 11.4 Å². The lowest BCUT2D eigenvalue weighted by Crippen LogP contribution is -2.37. The Hall–Kier alpha value is -1.23. The van der Waals surface area contributed by atoms with Crippen LogP contribution in [-0.4, -0.2) is 12.6 Å².